The van der Waals surface area contributed by atoms with Crippen LogP contribution in [0, 0.1) is 0 Å². The van der Waals surface area contributed by atoms with Gasteiger partial charge in [0.1, 0.15) is 0 Å². The Morgan fingerprint density at radius 1 is 0.447 bits per heavy atom. The zero-order valence-electron chi connectivity index (χ0n) is 26.7. The summed E-state index contributed by atoms with van der Waals surface area (Å²) in [6.07, 6.45) is 3.27. The number of hydrogen-bond donors (Lipinski definition) is 0. The van der Waals surface area contributed by atoms with Gasteiger partial charge in [0.15, 0.2) is 10.1 Å². The first-order chi connectivity index (χ1) is 22.6. The standard InChI is InChI=1S/C40H34N4O2S/c1-39(2)29-13-5-9-17-33(29)43(34-18-10-6-14-30(34)39)27-21-23-37(41-25-27)47(45,46)38-24-22-28(26-42-38)44-35-19-11-7-15-31(35)40(3,4)32-16-8-12-20-36(32)44/h5-26H,1-4H3. The van der Waals surface area contributed by atoms with Gasteiger partial charge in [0.25, 0.3) is 0 Å². The first-order valence-electron chi connectivity index (χ1n) is 15.8. The lowest BCUT2D eigenvalue weighted by Gasteiger charge is -2.41. The maximum Gasteiger partial charge on any atom is 0.241 e. The molecular weight excluding hydrogens is 601 g/mol. The molecule has 6 nitrogen and oxygen atoms in total. The lowest BCUT2D eigenvalue weighted by Crippen LogP contribution is -2.30. The Kier molecular flexibility index (Phi) is 6.43. The smallest absolute Gasteiger partial charge is 0.241 e. The van der Waals surface area contributed by atoms with Crippen molar-refractivity contribution in [1.29, 1.82) is 0 Å². The first-order valence-corrected chi connectivity index (χ1v) is 17.2. The number of fused-ring (bicyclic) bond motifs is 4. The molecule has 4 aromatic carbocycles. The van der Waals surface area contributed by atoms with Crippen LogP contribution in [0.1, 0.15) is 49.9 Å². The largest absolute Gasteiger partial charge is 0.308 e. The molecule has 0 atom stereocenters. The van der Waals surface area contributed by atoms with Crippen molar-refractivity contribution in [3.63, 3.8) is 0 Å². The van der Waals surface area contributed by atoms with E-state index in [1.807, 2.05) is 36.4 Å². The molecule has 0 unspecified atom stereocenters. The maximum absolute atomic E-state index is 13.8. The van der Waals surface area contributed by atoms with Crippen molar-refractivity contribution < 1.29 is 8.42 Å². The van der Waals surface area contributed by atoms with E-state index in [1.165, 1.54) is 22.3 Å². The molecule has 232 valence electrons. The zero-order valence-corrected chi connectivity index (χ0v) is 27.5. The number of hydrogen-bond acceptors (Lipinski definition) is 6. The Labute approximate surface area is 275 Å². The third-order valence-corrected chi connectivity index (χ3v) is 11.4. The Bertz CT molecular complexity index is 2020. The normalized spacial score (nSPS) is 15.7. The minimum Gasteiger partial charge on any atom is -0.308 e. The highest BCUT2D eigenvalue weighted by Gasteiger charge is 2.38. The summed E-state index contributed by atoms with van der Waals surface area (Å²) in [5.74, 6) is 0. The van der Waals surface area contributed by atoms with Crippen LogP contribution in [-0.4, -0.2) is 18.4 Å². The quantitative estimate of drug-likeness (QED) is 0.192. The van der Waals surface area contributed by atoms with Crippen LogP contribution in [-0.2, 0) is 20.7 Å². The van der Waals surface area contributed by atoms with Crippen LogP contribution in [0.15, 0.2) is 144 Å². The van der Waals surface area contributed by atoms with E-state index in [0.717, 1.165) is 34.1 Å². The summed E-state index contributed by atoms with van der Waals surface area (Å²) in [7, 11) is -3.97. The van der Waals surface area contributed by atoms with E-state index in [0.29, 0.717) is 0 Å². The van der Waals surface area contributed by atoms with E-state index >= 15 is 0 Å². The van der Waals surface area contributed by atoms with Crippen LogP contribution in [0.5, 0.6) is 0 Å². The molecule has 0 spiro atoms. The van der Waals surface area contributed by atoms with E-state index in [-0.39, 0.29) is 20.9 Å². The third kappa shape index (κ3) is 4.33. The van der Waals surface area contributed by atoms with E-state index in [2.05, 4.69) is 120 Å². The van der Waals surface area contributed by atoms with Gasteiger partial charge in [0.2, 0.25) is 9.84 Å². The van der Waals surface area contributed by atoms with Crippen molar-refractivity contribution in [3.05, 3.63) is 156 Å². The minimum atomic E-state index is -3.97. The Hall–Kier alpha value is -5.27. The number of benzene rings is 4. The maximum atomic E-state index is 13.8. The highest BCUT2D eigenvalue weighted by atomic mass is 32.2. The van der Waals surface area contributed by atoms with Crippen molar-refractivity contribution in [3.8, 4) is 0 Å². The van der Waals surface area contributed by atoms with Crippen LogP contribution in [0.25, 0.3) is 0 Å². The van der Waals surface area contributed by atoms with Gasteiger partial charge in [-0.2, -0.15) is 0 Å². The van der Waals surface area contributed by atoms with Gasteiger partial charge in [0, 0.05) is 10.8 Å². The number of anilines is 6. The second-order valence-electron chi connectivity index (χ2n) is 13.2. The van der Waals surface area contributed by atoms with Crippen molar-refractivity contribution in [1.82, 2.24) is 9.97 Å². The molecule has 2 aromatic heterocycles. The fourth-order valence-electron chi connectivity index (χ4n) is 7.33. The predicted octanol–water partition coefficient (Wildman–Crippen LogP) is 9.53. The van der Waals surface area contributed by atoms with E-state index in [9.17, 15) is 8.42 Å². The average molecular weight is 635 g/mol. The predicted molar refractivity (Wildman–Crippen MR) is 188 cm³/mol. The second kappa shape index (κ2) is 10.4. The summed E-state index contributed by atoms with van der Waals surface area (Å²) in [5.41, 5.74) is 10.2. The monoisotopic (exact) mass is 634 g/mol. The fraction of sp³-hybridized carbons (Fsp3) is 0.150. The number of rotatable bonds is 4. The van der Waals surface area contributed by atoms with E-state index in [4.69, 9.17) is 0 Å². The molecule has 2 aliphatic rings. The van der Waals surface area contributed by atoms with Gasteiger partial charge >= 0.3 is 0 Å². The molecule has 4 heterocycles. The first kappa shape index (κ1) is 29.2. The number of pyridine rings is 2. The van der Waals surface area contributed by atoms with Gasteiger partial charge in [0.05, 0.1) is 46.5 Å². The molecular formula is C40H34N4O2S. The topological polar surface area (TPSA) is 66.4 Å². The lowest BCUT2D eigenvalue weighted by molar-refractivity contribution is 0.588. The number of para-hydroxylation sites is 4. The molecule has 0 saturated heterocycles. The van der Waals surface area contributed by atoms with Crippen LogP contribution < -0.4 is 9.80 Å². The summed E-state index contributed by atoms with van der Waals surface area (Å²) in [6.45, 7) is 8.94. The third-order valence-electron chi connectivity index (χ3n) is 9.78. The second-order valence-corrected chi connectivity index (χ2v) is 15.0. The van der Waals surface area contributed by atoms with E-state index < -0.39 is 9.84 Å². The lowest BCUT2D eigenvalue weighted by atomic mass is 9.73. The SMILES string of the molecule is CC1(C)c2ccccc2N(c2ccc(S(=O)(=O)c3ccc(N4c5ccccc5C(C)(C)c5ccccc54)cn3)nc2)c2ccccc21. The van der Waals surface area contributed by atoms with Crippen molar-refractivity contribution in [2.45, 2.75) is 48.6 Å². The molecule has 7 heteroatoms. The highest BCUT2D eigenvalue weighted by Crippen LogP contribution is 2.53. The van der Waals surface area contributed by atoms with Gasteiger partial charge in [-0.1, -0.05) is 100 Å². The molecule has 2 aliphatic heterocycles. The molecule has 8 rings (SSSR count). The van der Waals surface area contributed by atoms with Crippen molar-refractivity contribution in [2.75, 3.05) is 9.80 Å². The summed E-state index contributed by atoms with van der Waals surface area (Å²) < 4.78 is 27.6. The van der Waals surface area contributed by atoms with Gasteiger partial charge in [-0.3, -0.25) is 0 Å². The number of nitrogens with zero attached hydrogens (tertiary/aromatic N) is 4. The summed E-state index contributed by atoms with van der Waals surface area (Å²) in [6, 6.07) is 40.2. The summed E-state index contributed by atoms with van der Waals surface area (Å²) in [5, 5.41) is -0.0911. The zero-order chi connectivity index (χ0) is 32.6. The molecule has 0 fully saturated rings. The molecule has 0 saturated carbocycles. The Morgan fingerprint density at radius 3 is 1.02 bits per heavy atom. The van der Waals surface area contributed by atoms with Crippen LogP contribution >= 0.6 is 0 Å². The molecule has 6 aromatic rings. The molecule has 0 N–H and O–H groups in total. The summed E-state index contributed by atoms with van der Waals surface area (Å²) in [4.78, 5) is 13.3. The fourth-order valence-corrected chi connectivity index (χ4v) is 8.42. The molecule has 0 bridgehead atoms. The van der Waals surface area contributed by atoms with Crippen molar-refractivity contribution in [2.24, 2.45) is 0 Å². The highest BCUT2D eigenvalue weighted by molar-refractivity contribution is 7.91. The van der Waals surface area contributed by atoms with E-state index in [1.54, 1.807) is 24.5 Å². The molecule has 0 radical (unpaired) electrons. The average Bonchev–Trinajstić information content (AvgIpc) is 3.09. The van der Waals surface area contributed by atoms with Gasteiger partial charge < -0.3 is 9.80 Å². The Balaban J connectivity index is 1.14. The number of aromatic nitrogens is 2. The van der Waals surface area contributed by atoms with Crippen LogP contribution in [0.2, 0.25) is 0 Å². The van der Waals surface area contributed by atoms with Crippen LogP contribution in [0.3, 0.4) is 0 Å². The Morgan fingerprint density at radius 2 is 0.745 bits per heavy atom. The van der Waals surface area contributed by atoms with Gasteiger partial charge in [-0.15, -0.1) is 0 Å². The number of sulfone groups is 1. The molecule has 0 amide bonds. The minimum absolute atomic E-state index is 0.0455. The van der Waals surface area contributed by atoms with Gasteiger partial charge in [-0.25, -0.2) is 18.4 Å². The van der Waals surface area contributed by atoms with Gasteiger partial charge in [-0.05, 0) is 70.8 Å². The molecule has 0 aliphatic carbocycles. The summed E-state index contributed by atoms with van der Waals surface area (Å²) >= 11 is 0. The van der Waals surface area contributed by atoms with Crippen LogP contribution in [0.4, 0.5) is 34.1 Å². The van der Waals surface area contributed by atoms with Crippen molar-refractivity contribution >= 4 is 44.0 Å². The molecule has 47 heavy (non-hydrogen) atoms.